The number of aldehydes is 1. The van der Waals surface area contributed by atoms with Gasteiger partial charge in [-0.2, -0.15) is 0 Å². The van der Waals surface area contributed by atoms with Crippen molar-refractivity contribution >= 4 is 52.3 Å². The quantitative estimate of drug-likeness (QED) is 0.0809. The van der Waals surface area contributed by atoms with E-state index in [1.165, 1.54) is 4.88 Å². The van der Waals surface area contributed by atoms with E-state index < -0.39 is 6.04 Å². The van der Waals surface area contributed by atoms with E-state index in [1.54, 1.807) is 11.3 Å². The lowest BCUT2D eigenvalue weighted by molar-refractivity contribution is -0.121. The first-order valence-corrected chi connectivity index (χ1v) is 18.0. The summed E-state index contributed by atoms with van der Waals surface area (Å²) in [7, 11) is 1.85. The van der Waals surface area contributed by atoms with Gasteiger partial charge in [0.05, 0.1) is 12.1 Å². The van der Waals surface area contributed by atoms with Crippen molar-refractivity contribution in [2.75, 3.05) is 30.8 Å². The molecule has 3 N–H and O–H groups in total. The van der Waals surface area contributed by atoms with E-state index >= 15 is 0 Å². The maximum absolute atomic E-state index is 13.3. The molecule has 0 saturated carbocycles. The number of rotatable bonds is 14. The van der Waals surface area contributed by atoms with Crippen LogP contribution < -0.4 is 16.0 Å². The molecule has 5 aromatic rings. The highest BCUT2D eigenvalue weighted by Gasteiger charge is 2.32. The Kier molecular flexibility index (Phi) is 11.0. The third-order valence-corrected chi connectivity index (χ3v) is 10.4. The van der Waals surface area contributed by atoms with Crippen molar-refractivity contribution in [2.45, 2.75) is 58.9 Å². The summed E-state index contributed by atoms with van der Waals surface area (Å²) >= 11 is 7.92. The first-order chi connectivity index (χ1) is 24.3. The number of hydrogen-bond acceptors (Lipinski definition) is 9. The van der Waals surface area contributed by atoms with Crippen molar-refractivity contribution < 1.29 is 9.59 Å². The number of unbranched alkanes of at least 4 members (excludes halogenated alkanes) is 2. The minimum atomic E-state index is -0.490. The summed E-state index contributed by atoms with van der Waals surface area (Å²) in [4.78, 5) is 35.3. The van der Waals surface area contributed by atoms with Gasteiger partial charge in [-0.3, -0.25) is 14.4 Å². The number of halogens is 1. The van der Waals surface area contributed by atoms with Crippen molar-refractivity contribution in [3.05, 3.63) is 105 Å². The highest BCUT2D eigenvalue weighted by molar-refractivity contribution is 7.15. The molecular formula is C38H41ClN8O2S. The molecule has 12 heteroatoms. The second-order valence-corrected chi connectivity index (χ2v) is 14.0. The fourth-order valence-corrected chi connectivity index (χ4v) is 7.54. The van der Waals surface area contributed by atoms with Crippen molar-refractivity contribution in [3.63, 3.8) is 0 Å². The number of fused-ring (bicyclic) bond motifs is 3. The summed E-state index contributed by atoms with van der Waals surface area (Å²) in [6.07, 6.45) is 6.06. The number of carbonyl (C=O) groups excluding carboxylic acids is 2. The van der Waals surface area contributed by atoms with Gasteiger partial charge < -0.3 is 20.7 Å². The maximum Gasteiger partial charge on any atom is 0.222 e. The lowest BCUT2D eigenvalue weighted by Crippen LogP contribution is -2.26. The molecule has 2 aromatic carbocycles. The maximum atomic E-state index is 13.3. The Morgan fingerprint density at radius 2 is 1.72 bits per heavy atom. The fourth-order valence-electron chi connectivity index (χ4n) is 6.20. The zero-order valence-corrected chi connectivity index (χ0v) is 30.3. The van der Waals surface area contributed by atoms with Gasteiger partial charge in [0.15, 0.2) is 5.82 Å². The number of hydrogen-bond donors (Lipinski definition) is 3. The van der Waals surface area contributed by atoms with Crippen molar-refractivity contribution in [1.29, 1.82) is 0 Å². The van der Waals surface area contributed by atoms with Crippen LogP contribution >= 0.6 is 22.9 Å². The molecule has 4 heterocycles. The summed E-state index contributed by atoms with van der Waals surface area (Å²) in [6.45, 7) is 7.53. The van der Waals surface area contributed by atoms with Crippen LogP contribution in [-0.2, 0) is 16.0 Å². The average molecular weight is 709 g/mol. The first kappa shape index (κ1) is 35.0. The molecule has 0 fully saturated rings. The van der Waals surface area contributed by atoms with E-state index in [1.807, 2.05) is 74.8 Å². The van der Waals surface area contributed by atoms with Gasteiger partial charge in [-0.05, 0) is 93.1 Å². The largest absolute Gasteiger partial charge is 0.388 e. The lowest BCUT2D eigenvalue weighted by Gasteiger charge is -2.13. The molecule has 10 nitrogen and oxygen atoms in total. The molecule has 0 spiro atoms. The molecule has 6 rings (SSSR count). The van der Waals surface area contributed by atoms with Crippen LogP contribution in [0.3, 0.4) is 0 Å². The Labute approximate surface area is 301 Å². The predicted octanol–water partition coefficient (Wildman–Crippen LogP) is 7.43. The van der Waals surface area contributed by atoms with Crippen LogP contribution in [0.5, 0.6) is 0 Å². The van der Waals surface area contributed by atoms with E-state index in [0.717, 1.165) is 93.5 Å². The molecule has 1 aliphatic heterocycles. The number of nitrogens with one attached hydrogen (secondary N) is 3. The Hall–Kier alpha value is -4.87. The van der Waals surface area contributed by atoms with Gasteiger partial charge in [0.2, 0.25) is 5.91 Å². The first-order valence-electron chi connectivity index (χ1n) is 16.8. The van der Waals surface area contributed by atoms with Crippen molar-refractivity contribution in [1.82, 2.24) is 25.1 Å². The van der Waals surface area contributed by atoms with Crippen LogP contribution in [0.4, 0.5) is 11.5 Å². The average Bonchev–Trinajstić information content (AvgIpc) is 3.60. The Balaban J connectivity index is 1.01. The minimum Gasteiger partial charge on any atom is -0.388 e. The molecule has 0 aliphatic carbocycles. The number of carbonyl (C=O) groups is 2. The van der Waals surface area contributed by atoms with Crippen LogP contribution in [0.1, 0.15) is 70.5 Å². The molecule has 0 radical (unpaired) electrons. The van der Waals surface area contributed by atoms with Gasteiger partial charge in [-0.1, -0.05) is 29.8 Å². The molecule has 1 atom stereocenters. The molecule has 50 heavy (non-hydrogen) atoms. The topological polar surface area (TPSA) is 126 Å². The van der Waals surface area contributed by atoms with Gasteiger partial charge in [-0.15, -0.1) is 21.5 Å². The molecule has 1 aliphatic rings. The SMILES string of the molecule is CNc1ccc(-c2ccc(NCCCCCNC(=O)C[C@@H]3N=C(c4ccc(Cl)cc4)c4c(sc(C)c4C)-n4c(C)nnc43)nc2)cc1CC=O. The van der Waals surface area contributed by atoms with Crippen LogP contribution in [0.2, 0.25) is 5.02 Å². The Morgan fingerprint density at radius 3 is 2.46 bits per heavy atom. The number of aromatic nitrogens is 4. The standard InChI is InChI=1S/C38H41ClN8O2S/c1-23-24(2)50-38-35(23)36(26-8-12-30(39)13-9-26)44-32(37-46-45-25(3)47(37)38)21-34(49)42-18-7-5-6-17-41-33-15-11-29(22-43-33)27-10-14-31(40-4)28(20-27)16-19-48/h8-15,19-20,22,32,40H,5-7,16-18,21H2,1-4H3,(H,41,43)(H,42,49)/t32-/m0/s1. The number of aryl methyl sites for hydroxylation is 2. The van der Waals surface area contributed by atoms with E-state index in [9.17, 15) is 9.59 Å². The summed E-state index contributed by atoms with van der Waals surface area (Å²) in [6, 6.07) is 17.2. The lowest BCUT2D eigenvalue weighted by atomic mass is 9.99. The van der Waals surface area contributed by atoms with Gasteiger partial charge in [0, 0.05) is 65.0 Å². The Bertz CT molecular complexity index is 2020. The number of aliphatic imine (C=N–C) groups is 1. The molecule has 1 amide bonds. The molecule has 258 valence electrons. The normalized spacial score (nSPS) is 13.5. The molecule has 0 saturated heterocycles. The highest BCUT2D eigenvalue weighted by atomic mass is 35.5. The molecule has 0 unspecified atom stereocenters. The van der Waals surface area contributed by atoms with E-state index in [2.05, 4.69) is 49.5 Å². The minimum absolute atomic E-state index is 0.0687. The zero-order chi connectivity index (χ0) is 35.2. The number of pyridine rings is 1. The zero-order valence-electron chi connectivity index (χ0n) is 28.7. The monoisotopic (exact) mass is 708 g/mol. The van der Waals surface area contributed by atoms with E-state index in [0.29, 0.717) is 23.8 Å². The number of thiophene rings is 1. The van der Waals surface area contributed by atoms with Crippen LogP contribution in [0.15, 0.2) is 65.8 Å². The highest BCUT2D eigenvalue weighted by Crippen LogP contribution is 2.39. The van der Waals surface area contributed by atoms with Crippen LogP contribution in [0.25, 0.3) is 16.1 Å². The number of anilines is 2. The van der Waals surface area contributed by atoms with E-state index in [4.69, 9.17) is 16.6 Å². The molecule has 0 bridgehead atoms. The van der Waals surface area contributed by atoms with Gasteiger partial charge >= 0.3 is 0 Å². The van der Waals surface area contributed by atoms with Crippen LogP contribution in [-0.4, -0.2) is 57.8 Å². The summed E-state index contributed by atoms with van der Waals surface area (Å²) < 4.78 is 2.06. The third kappa shape index (κ3) is 7.64. The summed E-state index contributed by atoms with van der Waals surface area (Å²) in [5.74, 6) is 2.18. The molecular weight excluding hydrogens is 668 g/mol. The van der Waals surface area contributed by atoms with Crippen LogP contribution in [0, 0.1) is 20.8 Å². The smallest absolute Gasteiger partial charge is 0.222 e. The fraction of sp³-hybridized carbons (Fsp3) is 0.316. The predicted molar refractivity (Wildman–Crippen MR) is 202 cm³/mol. The van der Waals surface area contributed by atoms with Gasteiger partial charge in [-0.25, -0.2) is 4.98 Å². The third-order valence-electron chi connectivity index (χ3n) is 8.99. The van der Waals surface area contributed by atoms with Crippen molar-refractivity contribution in [2.24, 2.45) is 4.99 Å². The summed E-state index contributed by atoms with van der Waals surface area (Å²) in [5, 5.41) is 20.2. The number of benzene rings is 2. The van der Waals surface area contributed by atoms with Crippen molar-refractivity contribution in [3.8, 4) is 16.1 Å². The second kappa shape index (κ2) is 15.8. The number of amides is 1. The second-order valence-electron chi connectivity index (χ2n) is 12.4. The van der Waals surface area contributed by atoms with Gasteiger partial charge in [0.1, 0.15) is 29.0 Å². The van der Waals surface area contributed by atoms with E-state index in [-0.39, 0.29) is 12.3 Å². The van der Waals surface area contributed by atoms with Gasteiger partial charge in [0.25, 0.3) is 0 Å². The Morgan fingerprint density at radius 1 is 0.960 bits per heavy atom. The summed E-state index contributed by atoms with van der Waals surface area (Å²) in [5.41, 5.74) is 7.92. The number of nitrogens with zero attached hydrogens (tertiary/aromatic N) is 5. The molecule has 3 aromatic heterocycles.